The molecular weight excluding hydrogens is 889 g/mol. The van der Waals surface area contributed by atoms with Gasteiger partial charge in [-0.05, 0) is 117 Å². The van der Waals surface area contributed by atoms with Crippen LogP contribution >= 0.6 is 0 Å². The molecule has 0 saturated carbocycles. The third-order valence-electron chi connectivity index (χ3n) is 15.3. The van der Waals surface area contributed by atoms with Crippen LogP contribution in [0, 0.1) is 22.7 Å². The number of hydrogen-bond acceptors (Lipinski definition) is 11. The standard InChI is InChI=1S/C54H72N8O8/c1-9-60-44-15-14-36-28-40(44)41(47(60)39-12-10-19-56-45(39)34(5)69-8)29-53(6,7)31-70-51(67)42-13-11-20-62(58-42)50(66)43(26-35-24-37(36)27-38(63)25-35)57-48(64)46(32(2)3)61-23-18-54(52(61)68)16-21-59(22-17-54)49(65)33(4)30-55/h10,12,14-15,19,24-25,27-28,32-34,42-43,46,58,63H,9,11,13,16-18,20-23,26,29-31,55H2,1-8H3,(H,57,64)/t33-,34-,42-,43-,46-/m0/s1. The maximum atomic E-state index is 14.9. The number of benzene rings is 2. The average Bonchev–Trinajstić information content (AvgIpc) is 3.82. The van der Waals surface area contributed by atoms with Gasteiger partial charge in [0.2, 0.25) is 17.7 Å². The van der Waals surface area contributed by atoms with Crippen LogP contribution in [0.1, 0.15) is 103 Å². The van der Waals surface area contributed by atoms with Crippen LogP contribution in [-0.4, -0.2) is 124 Å². The highest BCUT2D eigenvalue weighted by molar-refractivity contribution is 5.97. The van der Waals surface area contributed by atoms with Crippen molar-refractivity contribution in [2.24, 2.45) is 28.4 Å². The molecule has 4 aromatic rings. The van der Waals surface area contributed by atoms with Gasteiger partial charge in [-0.15, -0.1) is 0 Å². The number of hydrogen-bond donors (Lipinski definition) is 4. The first-order valence-corrected chi connectivity index (χ1v) is 25.2. The molecule has 4 aliphatic rings. The van der Waals surface area contributed by atoms with Gasteiger partial charge < -0.3 is 40.0 Å². The molecule has 0 aliphatic carbocycles. The van der Waals surface area contributed by atoms with E-state index < -0.39 is 46.7 Å². The summed E-state index contributed by atoms with van der Waals surface area (Å²) in [6.07, 6.45) is 4.57. The monoisotopic (exact) mass is 961 g/mol. The van der Waals surface area contributed by atoms with Crippen molar-refractivity contribution in [3.05, 3.63) is 71.5 Å². The predicted molar refractivity (Wildman–Crippen MR) is 267 cm³/mol. The first kappa shape index (κ1) is 50.5. The summed E-state index contributed by atoms with van der Waals surface area (Å²) < 4.78 is 14.3. The summed E-state index contributed by atoms with van der Waals surface area (Å²) in [4.78, 5) is 79.4. The topological polar surface area (TPSA) is 202 Å². The van der Waals surface area contributed by atoms with E-state index in [1.807, 2.05) is 45.9 Å². The zero-order valence-corrected chi connectivity index (χ0v) is 42.2. The van der Waals surface area contributed by atoms with Crippen LogP contribution in [0.15, 0.2) is 54.7 Å². The average molecular weight is 961 g/mol. The minimum absolute atomic E-state index is 0.00147. The van der Waals surface area contributed by atoms with Gasteiger partial charge in [0.1, 0.15) is 23.9 Å². The minimum Gasteiger partial charge on any atom is -0.508 e. The Kier molecular flexibility index (Phi) is 14.8. The summed E-state index contributed by atoms with van der Waals surface area (Å²) >= 11 is 0. The molecule has 5 N–H and O–H groups in total. The van der Waals surface area contributed by atoms with Gasteiger partial charge in [-0.3, -0.25) is 34.0 Å². The molecule has 70 heavy (non-hydrogen) atoms. The summed E-state index contributed by atoms with van der Waals surface area (Å²) in [6, 6.07) is 12.7. The fraction of sp³-hybridized carbons (Fsp3) is 0.556. The van der Waals surface area contributed by atoms with Crippen molar-refractivity contribution in [2.45, 2.75) is 124 Å². The second-order valence-electron chi connectivity index (χ2n) is 21.2. The molecule has 16 nitrogen and oxygen atoms in total. The van der Waals surface area contributed by atoms with Crippen LogP contribution in [-0.2, 0) is 52.8 Å². The molecule has 6 bridgehead atoms. The molecule has 4 aliphatic heterocycles. The highest BCUT2D eigenvalue weighted by atomic mass is 16.5. The Bertz CT molecular complexity index is 2630. The van der Waals surface area contributed by atoms with Gasteiger partial charge in [0.05, 0.1) is 29.5 Å². The van der Waals surface area contributed by atoms with Crippen molar-refractivity contribution >= 4 is 40.5 Å². The molecule has 2 aromatic heterocycles. The van der Waals surface area contributed by atoms with Gasteiger partial charge in [0, 0.05) is 86.8 Å². The number of pyridine rings is 1. The molecule has 3 saturated heterocycles. The lowest BCUT2D eigenvalue weighted by atomic mass is 9.76. The van der Waals surface area contributed by atoms with E-state index in [4.69, 9.17) is 20.2 Å². The Labute approximate surface area is 411 Å². The molecule has 8 rings (SSSR count). The Balaban J connectivity index is 1.17. The van der Waals surface area contributed by atoms with E-state index in [1.54, 1.807) is 35.2 Å². The molecule has 2 aromatic carbocycles. The third kappa shape index (κ3) is 9.91. The van der Waals surface area contributed by atoms with Crippen molar-refractivity contribution in [1.82, 2.24) is 35.1 Å². The van der Waals surface area contributed by atoms with Crippen LogP contribution < -0.4 is 16.5 Å². The van der Waals surface area contributed by atoms with Gasteiger partial charge in [-0.1, -0.05) is 46.8 Å². The normalized spacial score (nSPS) is 22.0. The maximum absolute atomic E-state index is 14.9. The Morgan fingerprint density at radius 2 is 1.74 bits per heavy atom. The van der Waals surface area contributed by atoms with Crippen LogP contribution in [0.25, 0.3) is 33.3 Å². The van der Waals surface area contributed by atoms with Crippen molar-refractivity contribution in [1.29, 1.82) is 0 Å². The first-order valence-electron chi connectivity index (χ1n) is 25.2. The Hall–Kier alpha value is -5.84. The van der Waals surface area contributed by atoms with E-state index in [2.05, 4.69) is 54.3 Å². The summed E-state index contributed by atoms with van der Waals surface area (Å²) in [5, 5.41) is 16.9. The lowest BCUT2D eigenvalue weighted by molar-refractivity contribution is -0.155. The molecular formula is C54H72N8O8. The first-order chi connectivity index (χ1) is 33.4. The largest absolute Gasteiger partial charge is 0.508 e. The van der Waals surface area contributed by atoms with E-state index in [1.165, 1.54) is 5.01 Å². The number of aromatic hydroxyl groups is 1. The quantitative estimate of drug-likeness (QED) is 0.138. The summed E-state index contributed by atoms with van der Waals surface area (Å²) in [5.41, 5.74) is 14.7. The molecule has 1 spiro atoms. The number of ether oxygens (including phenoxy) is 2. The van der Waals surface area contributed by atoms with Crippen molar-refractivity contribution in [2.75, 3.05) is 46.4 Å². The molecule has 0 radical (unpaired) electrons. The van der Waals surface area contributed by atoms with Crippen LogP contribution in [0.3, 0.4) is 0 Å². The maximum Gasteiger partial charge on any atom is 0.324 e. The molecule has 3 fully saturated rings. The van der Waals surface area contributed by atoms with Gasteiger partial charge in [0.25, 0.3) is 5.91 Å². The molecule has 0 unspecified atom stereocenters. The second-order valence-corrected chi connectivity index (χ2v) is 21.2. The van der Waals surface area contributed by atoms with Gasteiger partial charge in [-0.2, -0.15) is 0 Å². The van der Waals surface area contributed by atoms with Crippen molar-refractivity contribution < 1.29 is 38.6 Å². The Morgan fingerprint density at radius 1 is 1.00 bits per heavy atom. The Morgan fingerprint density at radius 3 is 2.44 bits per heavy atom. The number of fused-ring (bicyclic) bond motifs is 6. The number of nitrogens with zero attached hydrogens (tertiary/aromatic N) is 5. The van der Waals surface area contributed by atoms with Gasteiger partial charge in [0.15, 0.2) is 0 Å². The van der Waals surface area contributed by atoms with E-state index >= 15 is 0 Å². The lowest BCUT2D eigenvalue weighted by Gasteiger charge is -2.40. The number of nitrogens with one attached hydrogen (secondary N) is 2. The number of esters is 1. The summed E-state index contributed by atoms with van der Waals surface area (Å²) in [7, 11) is 1.67. The van der Waals surface area contributed by atoms with Crippen LogP contribution in [0.2, 0.25) is 0 Å². The highest BCUT2D eigenvalue weighted by Gasteiger charge is 2.52. The predicted octanol–water partition coefficient (Wildman–Crippen LogP) is 5.91. The number of carbonyl (C=O) groups excluding carboxylic acids is 5. The molecule has 6 heterocycles. The van der Waals surface area contributed by atoms with Crippen LogP contribution in [0.4, 0.5) is 0 Å². The number of aryl methyl sites for hydroxylation is 1. The fourth-order valence-electron chi connectivity index (χ4n) is 11.3. The number of cyclic esters (lactones) is 1. The molecule has 5 atom stereocenters. The van der Waals surface area contributed by atoms with E-state index in [-0.39, 0.29) is 61.6 Å². The number of hydrazine groups is 1. The molecule has 16 heteroatoms. The SMILES string of the molecule is CCn1c(-c2cccnc2[C@H](C)OC)c2c3cc(ccc31)-c1cc(O)cc(c1)C[C@H](NC(=O)[C@H](C(C)C)N1CCC3(CCN(C(=O)[C@@H](C)CN)CC3)C1=O)C(=O)N1CCC[C@H](N1)C(=O)OCC(C)(C)C2. The van der Waals surface area contributed by atoms with Crippen molar-refractivity contribution in [3.63, 3.8) is 0 Å². The van der Waals surface area contributed by atoms with Crippen LogP contribution in [0.5, 0.6) is 5.75 Å². The number of phenols is 1. The van der Waals surface area contributed by atoms with E-state index in [0.717, 1.165) is 44.5 Å². The number of amides is 4. The molecule has 376 valence electrons. The number of phenolic OH excluding ortho intramolecular Hbond substituents is 1. The van der Waals surface area contributed by atoms with Gasteiger partial charge >= 0.3 is 5.97 Å². The number of likely N-dealkylation sites (tertiary alicyclic amines) is 2. The highest BCUT2D eigenvalue weighted by Crippen LogP contribution is 2.44. The number of nitrogens with two attached hydrogens (primary N) is 1. The number of rotatable bonds is 10. The summed E-state index contributed by atoms with van der Waals surface area (Å²) in [6.45, 7) is 16.4. The van der Waals surface area contributed by atoms with Crippen molar-refractivity contribution in [3.8, 4) is 28.1 Å². The number of carbonyl (C=O) groups is 5. The number of piperidine rings is 1. The minimum atomic E-state index is -1.15. The zero-order chi connectivity index (χ0) is 50.2. The lowest BCUT2D eigenvalue weighted by Crippen LogP contribution is -2.62. The van der Waals surface area contributed by atoms with E-state index in [0.29, 0.717) is 70.3 Å². The zero-order valence-electron chi connectivity index (χ0n) is 42.2. The number of methoxy groups -OCH3 is 1. The second kappa shape index (κ2) is 20.5. The van der Waals surface area contributed by atoms with Gasteiger partial charge in [-0.25, -0.2) is 5.43 Å². The summed E-state index contributed by atoms with van der Waals surface area (Å²) in [5.74, 6) is -2.12. The smallest absolute Gasteiger partial charge is 0.324 e. The fourth-order valence-corrected chi connectivity index (χ4v) is 11.3. The van der Waals surface area contributed by atoms with E-state index in [9.17, 15) is 29.1 Å². The number of aromatic nitrogens is 2. The third-order valence-corrected chi connectivity index (χ3v) is 15.3. The molecule has 4 amide bonds.